The minimum absolute atomic E-state index is 0.264. The van der Waals surface area contributed by atoms with Crippen LogP contribution in [0.5, 0.6) is 0 Å². The van der Waals surface area contributed by atoms with Crippen LogP contribution < -0.4 is 5.32 Å². The molecule has 0 saturated carbocycles. The maximum atomic E-state index is 5.14. The predicted octanol–water partition coefficient (Wildman–Crippen LogP) is 2.19. The van der Waals surface area contributed by atoms with E-state index in [-0.39, 0.29) is 5.41 Å². The average Bonchev–Trinajstić information content (AvgIpc) is 2.53. The van der Waals surface area contributed by atoms with Crippen molar-refractivity contribution in [3.8, 4) is 0 Å². The van der Waals surface area contributed by atoms with Gasteiger partial charge in [-0.05, 0) is 25.7 Å². The highest BCUT2D eigenvalue weighted by Crippen LogP contribution is 2.19. The summed E-state index contributed by atoms with van der Waals surface area (Å²) in [5.74, 6) is 0. The van der Waals surface area contributed by atoms with Crippen molar-refractivity contribution in [2.24, 2.45) is 12.5 Å². The standard InChI is InChI=1S/C14H27N3O/c1-11-13(12(2)17(5)16-11)9-15-10-14(3,4)7-8-18-6/h15H,7-10H2,1-6H3. The first-order chi connectivity index (χ1) is 8.37. The molecule has 0 bridgehead atoms. The maximum Gasteiger partial charge on any atom is 0.0641 e. The van der Waals surface area contributed by atoms with Gasteiger partial charge in [0, 0.05) is 45.1 Å². The highest BCUT2D eigenvalue weighted by atomic mass is 16.5. The molecule has 1 aromatic heterocycles. The van der Waals surface area contributed by atoms with Crippen LogP contribution in [0, 0.1) is 19.3 Å². The molecule has 0 aromatic carbocycles. The first-order valence-corrected chi connectivity index (χ1v) is 6.56. The number of hydrogen-bond donors (Lipinski definition) is 1. The summed E-state index contributed by atoms with van der Waals surface area (Å²) in [6, 6.07) is 0. The van der Waals surface area contributed by atoms with Crippen molar-refractivity contribution in [3.63, 3.8) is 0 Å². The van der Waals surface area contributed by atoms with Gasteiger partial charge in [-0.2, -0.15) is 5.10 Å². The Labute approximate surface area is 111 Å². The van der Waals surface area contributed by atoms with Crippen molar-refractivity contribution in [2.45, 2.75) is 40.7 Å². The molecule has 0 aliphatic heterocycles. The van der Waals surface area contributed by atoms with Crippen LogP contribution in [-0.2, 0) is 18.3 Å². The molecule has 1 heterocycles. The van der Waals surface area contributed by atoms with Gasteiger partial charge in [-0.25, -0.2) is 0 Å². The minimum atomic E-state index is 0.264. The predicted molar refractivity (Wildman–Crippen MR) is 74.7 cm³/mol. The van der Waals surface area contributed by atoms with E-state index >= 15 is 0 Å². The van der Waals surface area contributed by atoms with Gasteiger partial charge in [-0.3, -0.25) is 4.68 Å². The van der Waals surface area contributed by atoms with Gasteiger partial charge < -0.3 is 10.1 Å². The van der Waals surface area contributed by atoms with Crippen molar-refractivity contribution < 1.29 is 4.74 Å². The Morgan fingerprint density at radius 3 is 2.50 bits per heavy atom. The maximum absolute atomic E-state index is 5.14. The molecule has 1 aromatic rings. The summed E-state index contributed by atoms with van der Waals surface area (Å²) in [4.78, 5) is 0. The number of methoxy groups -OCH3 is 1. The SMILES string of the molecule is COCCC(C)(C)CNCc1c(C)nn(C)c1C. The number of aromatic nitrogens is 2. The molecule has 0 unspecified atom stereocenters. The molecule has 104 valence electrons. The number of hydrogen-bond acceptors (Lipinski definition) is 3. The fourth-order valence-corrected chi connectivity index (χ4v) is 2.07. The quantitative estimate of drug-likeness (QED) is 0.809. The van der Waals surface area contributed by atoms with Crippen molar-refractivity contribution in [2.75, 3.05) is 20.3 Å². The number of nitrogens with zero attached hydrogens (tertiary/aromatic N) is 2. The fourth-order valence-electron chi connectivity index (χ4n) is 2.07. The van der Waals surface area contributed by atoms with E-state index in [9.17, 15) is 0 Å². The molecule has 0 amide bonds. The van der Waals surface area contributed by atoms with Crippen molar-refractivity contribution in [1.82, 2.24) is 15.1 Å². The summed E-state index contributed by atoms with van der Waals surface area (Å²) in [6.45, 7) is 11.4. The monoisotopic (exact) mass is 253 g/mol. The van der Waals surface area contributed by atoms with Crippen LogP contribution in [0.1, 0.15) is 37.2 Å². The van der Waals surface area contributed by atoms with Gasteiger partial charge in [0.1, 0.15) is 0 Å². The Morgan fingerprint density at radius 1 is 1.33 bits per heavy atom. The Kier molecular flexibility index (Phi) is 5.35. The van der Waals surface area contributed by atoms with Gasteiger partial charge >= 0.3 is 0 Å². The van der Waals surface area contributed by atoms with Crippen molar-refractivity contribution in [1.29, 1.82) is 0 Å². The zero-order valence-electron chi connectivity index (χ0n) is 12.6. The Balaban J connectivity index is 2.46. The summed E-state index contributed by atoms with van der Waals surface area (Å²) in [6.07, 6.45) is 1.07. The summed E-state index contributed by atoms with van der Waals surface area (Å²) < 4.78 is 7.09. The summed E-state index contributed by atoms with van der Waals surface area (Å²) in [7, 11) is 3.75. The number of ether oxygens (including phenoxy) is 1. The molecular formula is C14H27N3O. The second-order valence-electron chi connectivity index (χ2n) is 5.78. The van der Waals surface area contributed by atoms with Gasteiger partial charge in [0.05, 0.1) is 5.69 Å². The average molecular weight is 253 g/mol. The van der Waals surface area contributed by atoms with E-state index in [0.717, 1.165) is 31.8 Å². The molecule has 1 rings (SSSR count). The van der Waals surface area contributed by atoms with E-state index < -0.39 is 0 Å². The zero-order chi connectivity index (χ0) is 13.8. The molecule has 0 atom stereocenters. The Hall–Kier alpha value is -0.870. The molecule has 4 nitrogen and oxygen atoms in total. The molecule has 0 fully saturated rings. The fraction of sp³-hybridized carbons (Fsp3) is 0.786. The molecule has 1 N–H and O–H groups in total. The molecule has 0 aliphatic carbocycles. The van der Waals surface area contributed by atoms with E-state index in [2.05, 4.69) is 38.1 Å². The number of nitrogens with one attached hydrogen (secondary N) is 1. The summed E-state index contributed by atoms with van der Waals surface area (Å²) >= 11 is 0. The summed E-state index contributed by atoms with van der Waals surface area (Å²) in [5, 5.41) is 7.97. The molecule has 0 saturated heterocycles. The topological polar surface area (TPSA) is 39.1 Å². The first-order valence-electron chi connectivity index (χ1n) is 6.56. The van der Waals surface area contributed by atoms with Crippen LogP contribution in [0.4, 0.5) is 0 Å². The van der Waals surface area contributed by atoms with Crippen LogP contribution in [0.3, 0.4) is 0 Å². The van der Waals surface area contributed by atoms with Gasteiger partial charge in [0.2, 0.25) is 0 Å². The van der Waals surface area contributed by atoms with Crippen LogP contribution >= 0.6 is 0 Å². The normalized spacial score (nSPS) is 12.1. The molecule has 0 aliphatic rings. The first kappa shape index (κ1) is 15.2. The van der Waals surface area contributed by atoms with Gasteiger partial charge in [0.25, 0.3) is 0 Å². The molecule has 18 heavy (non-hydrogen) atoms. The number of rotatable bonds is 7. The van der Waals surface area contributed by atoms with Crippen LogP contribution in [-0.4, -0.2) is 30.0 Å². The van der Waals surface area contributed by atoms with E-state index in [1.54, 1.807) is 7.11 Å². The lowest BCUT2D eigenvalue weighted by atomic mass is 9.89. The highest BCUT2D eigenvalue weighted by molar-refractivity contribution is 5.23. The van der Waals surface area contributed by atoms with E-state index in [0.29, 0.717) is 0 Å². The second-order valence-corrected chi connectivity index (χ2v) is 5.78. The van der Waals surface area contributed by atoms with Gasteiger partial charge in [-0.1, -0.05) is 13.8 Å². The lowest BCUT2D eigenvalue weighted by Gasteiger charge is -2.24. The molecule has 0 radical (unpaired) electrons. The van der Waals surface area contributed by atoms with Crippen LogP contribution in [0.15, 0.2) is 0 Å². The summed E-state index contributed by atoms with van der Waals surface area (Å²) in [5.41, 5.74) is 3.95. The highest BCUT2D eigenvalue weighted by Gasteiger charge is 2.17. The second kappa shape index (κ2) is 6.34. The molecule has 4 heteroatoms. The van der Waals surface area contributed by atoms with E-state index in [1.807, 2.05) is 11.7 Å². The zero-order valence-corrected chi connectivity index (χ0v) is 12.6. The minimum Gasteiger partial charge on any atom is -0.385 e. The third-order valence-corrected chi connectivity index (χ3v) is 3.55. The number of aryl methyl sites for hydroxylation is 2. The van der Waals surface area contributed by atoms with E-state index in [4.69, 9.17) is 4.74 Å². The van der Waals surface area contributed by atoms with E-state index in [1.165, 1.54) is 11.3 Å². The lowest BCUT2D eigenvalue weighted by molar-refractivity contribution is 0.150. The van der Waals surface area contributed by atoms with Crippen molar-refractivity contribution >= 4 is 0 Å². The Bertz CT molecular complexity index is 383. The van der Waals surface area contributed by atoms with Crippen molar-refractivity contribution in [3.05, 3.63) is 17.0 Å². The van der Waals surface area contributed by atoms with Crippen LogP contribution in [0.2, 0.25) is 0 Å². The van der Waals surface area contributed by atoms with Crippen LogP contribution in [0.25, 0.3) is 0 Å². The third-order valence-electron chi connectivity index (χ3n) is 3.55. The Morgan fingerprint density at radius 2 is 2.00 bits per heavy atom. The molecular weight excluding hydrogens is 226 g/mol. The molecule has 0 spiro atoms. The smallest absolute Gasteiger partial charge is 0.0641 e. The third kappa shape index (κ3) is 4.10. The lowest BCUT2D eigenvalue weighted by Crippen LogP contribution is -2.30. The van der Waals surface area contributed by atoms with Gasteiger partial charge in [-0.15, -0.1) is 0 Å². The van der Waals surface area contributed by atoms with Gasteiger partial charge in [0.15, 0.2) is 0 Å². The largest absolute Gasteiger partial charge is 0.385 e.